The normalized spacial score (nSPS) is 33.2. The summed E-state index contributed by atoms with van der Waals surface area (Å²) in [4.78, 5) is 49.2. The predicted molar refractivity (Wildman–Crippen MR) is 186 cm³/mol. The first-order chi connectivity index (χ1) is 23.2. The maximum atomic E-state index is 14.4. The number of fused-ring (bicyclic) bond motifs is 1. The van der Waals surface area contributed by atoms with Gasteiger partial charge in [-0.15, -0.1) is 0 Å². The van der Waals surface area contributed by atoms with Crippen molar-refractivity contribution in [1.29, 1.82) is 0 Å². The highest BCUT2D eigenvalue weighted by molar-refractivity contribution is 6.30. The van der Waals surface area contributed by atoms with Crippen molar-refractivity contribution in [3.63, 3.8) is 0 Å². The second-order valence-corrected chi connectivity index (χ2v) is 15.0. The molecule has 1 spiro atoms. The molecule has 5 aliphatic rings. The Morgan fingerprint density at radius 1 is 0.938 bits per heavy atom. The third kappa shape index (κ3) is 6.42. The Labute approximate surface area is 289 Å². The summed E-state index contributed by atoms with van der Waals surface area (Å²) >= 11 is 6.06. The van der Waals surface area contributed by atoms with Crippen molar-refractivity contribution in [2.75, 3.05) is 44.6 Å². The molecule has 0 aromatic heterocycles. The van der Waals surface area contributed by atoms with Crippen molar-refractivity contribution in [3.8, 4) is 0 Å². The zero-order valence-electron chi connectivity index (χ0n) is 28.0. The lowest BCUT2D eigenvalue weighted by Gasteiger charge is -2.38. The van der Waals surface area contributed by atoms with Gasteiger partial charge in [0.1, 0.15) is 11.6 Å². The summed E-state index contributed by atoms with van der Waals surface area (Å²) in [7, 11) is 0. The predicted octanol–water partition coefficient (Wildman–Crippen LogP) is 4.58. The molecular formula is C38H48ClN5O4. The molecule has 8 atom stereocenters. The molecule has 10 heteroatoms. The summed E-state index contributed by atoms with van der Waals surface area (Å²) in [5.74, 6) is -1.26. The Balaban J connectivity index is 1.05. The van der Waals surface area contributed by atoms with Crippen LogP contribution in [0, 0.1) is 23.7 Å². The van der Waals surface area contributed by atoms with Crippen molar-refractivity contribution >= 4 is 35.0 Å². The molecule has 0 unspecified atom stereocenters. The van der Waals surface area contributed by atoms with Gasteiger partial charge < -0.3 is 25.2 Å². The molecule has 9 nitrogen and oxygen atoms in total. The lowest BCUT2D eigenvalue weighted by Crippen LogP contribution is -2.58. The van der Waals surface area contributed by atoms with Gasteiger partial charge in [0.25, 0.3) is 0 Å². The fourth-order valence-corrected chi connectivity index (χ4v) is 8.92. The average Bonchev–Trinajstić information content (AvgIpc) is 3.73. The number of nitrogens with zero attached hydrogens (tertiary/aromatic N) is 3. The minimum absolute atomic E-state index is 0.0485. The molecule has 4 aliphatic heterocycles. The van der Waals surface area contributed by atoms with Crippen LogP contribution in [0.25, 0.3) is 0 Å². The topological polar surface area (TPSA) is 94.2 Å². The minimum atomic E-state index is -1.17. The highest BCUT2D eigenvalue weighted by Crippen LogP contribution is 2.55. The molecule has 7 rings (SSSR count). The molecule has 48 heavy (non-hydrogen) atoms. The maximum Gasteiger partial charge on any atom is 0.246 e. The Kier molecular flexibility index (Phi) is 9.66. The van der Waals surface area contributed by atoms with Gasteiger partial charge in [0.2, 0.25) is 17.7 Å². The summed E-state index contributed by atoms with van der Waals surface area (Å²) in [6.45, 7) is 10.6. The number of halogens is 1. The Bertz CT molecular complexity index is 1510. The van der Waals surface area contributed by atoms with E-state index in [1.807, 2.05) is 18.2 Å². The fourth-order valence-electron chi connectivity index (χ4n) is 8.79. The summed E-state index contributed by atoms with van der Waals surface area (Å²) in [6.07, 6.45) is 7.10. The number of benzene rings is 2. The summed E-state index contributed by atoms with van der Waals surface area (Å²) < 4.78 is 6.57. The number of carbonyl (C=O) groups excluding carboxylic acids is 3. The second-order valence-electron chi connectivity index (χ2n) is 14.6. The van der Waals surface area contributed by atoms with E-state index in [0.717, 1.165) is 65.0 Å². The molecule has 1 saturated carbocycles. The van der Waals surface area contributed by atoms with E-state index in [0.29, 0.717) is 29.1 Å². The Morgan fingerprint density at radius 3 is 2.42 bits per heavy atom. The van der Waals surface area contributed by atoms with Crippen molar-refractivity contribution in [2.45, 2.75) is 69.9 Å². The first-order valence-corrected chi connectivity index (χ1v) is 18.1. The lowest BCUT2D eigenvalue weighted by molar-refractivity contribution is -0.141. The summed E-state index contributed by atoms with van der Waals surface area (Å²) in [6, 6.07) is 16.7. The van der Waals surface area contributed by atoms with Crippen LogP contribution in [-0.2, 0) is 25.7 Å². The van der Waals surface area contributed by atoms with E-state index in [9.17, 15) is 14.4 Å². The molecule has 2 bridgehead atoms. The van der Waals surface area contributed by atoms with Crippen LogP contribution < -0.4 is 10.6 Å². The first kappa shape index (κ1) is 33.3. The van der Waals surface area contributed by atoms with Crippen LogP contribution in [0.5, 0.6) is 0 Å². The van der Waals surface area contributed by atoms with Crippen LogP contribution in [0.3, 0.4) is 0 Å². The van der Waals surface area contributed by atoms with Gasteiger partial charge in [-0.3, -0.25) is 19.3 Å². The molecule has 1 aliphatic carbocycles. The highest BCUT2D eigenvalue weighted by atomic mass is 35.5. The molecule has 2 N–H and O–H groups in total. The number of amides is 3. The molecule has 2 aromatic rings. The van der Waals surface area contributed by atoms with Gasteiger partial charge in [-0.05, 0) is 61.1 Å². The smallest absolute Gasteiger partial charge is 0.246 e. The molecule has 256 valence electrons. The number of anilines is 1. The first-order valence-electron chi connectivity index (χ1n) is 17.8. The van der Waals surface area contributed by atoms with Crippen molar-refractivity contribution in [3.05, 3.63) is 77.3 Å². The molecule has 4 fully saturated rings. The monoisotopic (exact) mass is 673 g/mol. The second kappa shape index (κ2) is 13.9. The van der Waals surface area contributed by atoms with E-state index in [1.165, 1.54) is 5.56 Å². The Morgan fingerprint density at radius 2 is 1.67 bits per heavy atom. The van der Waals surface area contributed by atoms with Gasteiger partial charge in [-0.2, -0.15) is 0 Å². The largest absolute Gasteiger partial charge is 0.359 e. The van der Waals surface area contributed by atoms with E-state index in [4.69, 9.17) is 16.3 Å². The quantitative estimate of drug-likeness (QED) is 0.359. The number of ether oxygens (including phenoxy) is 1. The number of carbonyl (C=O) groups is 3. The van der Waals surface area contributed by atoms with Crippen LogP contribution >= 0.6 is 11.6 Å². The summed E-state index contributed by atoms with van der Waals surface area (Å²) in [5.41, 5.74) is 0.766. The minimum Gasteiger partial charge on any atom is -0.359 e. The van der Waals surface area contributed by atoms with Gasteiger partial charge >= 0.3 is 0 Å². The number of hydrogen-bond donors (Lipinski definition) is 2. The zero-order valence-corrected chi connectivity index (χ0v) is 28.8. The standard InChI is InChI=1S/C38H48ClN5O4/c1-25-8-6-11-30(26(25)2)41-36(46)34-38-17-16-31(48-38)32(35(45)40-29-14-12-28(39)13-15-29)33(38)37(47)44(34)19-7-18-42-20-22-43(23-21-42)24-27-9-4-3-5-10-27/h3-5,9-10,12-17,25-26,30-34H,6-8,11,18-24H2,1-2H3,(H,40,45)(H,41,46)/t25-,26-,30+,31+,32-,33+,34+,38+/m1/s1. The molecule has 3 amide bonds. The van der Waals surface area contributed by atoms with Crippen molar-refractivity contribution in [2.24, 2.45) is 23.7 Å². The maximum absolute atomic E-state index is 14.4. The highest BCUT2D eigenvalue weighted by Gasteiger charge is 2.72. The van der Waals surface area contributed by atoms with Crippen molar-refractivity contribution < 1.29 is 19.1 Å². The van der Waals surface area contributed by atoms with Gasteiger partial charge in [-0.1, -0.05) is 80.8 Å². The van der Waals surface area contributed by atoms with E-state index in [1.54, 1.807) is 29.2 Å². The molecule has 3 saturated heterocycles. The van der Waals surface area contributed by atoms with Crippen molar-refractivity contribution in [1.82, 2.24) is 20.0 Å². The lowest BCUT2D eigenvalue weighted by atomic mass is 9.73. The van der Waals surface area contributed by atoms with Crippen LogP contribution in [0.4, 0.5) is 5.69 Å². The van der Waals surface area contributed by atoms with Gasteiger partial charge in [0, 0.05) is 56.0 Å². The average molecular weight is 674 g/mol. The molecule has 4 heterocycles. The molecular weight excluding hydrogens is 626 g/mol. The number of piperazine rings is 1. The van der Waals surface area contributed by atoms with Gasteiger partial charge in [-0.25, -0.2) is 0 Å². The number of rotatable bonds is 10. The Hall–Kier alpha value is -3.24. The van der Waals surface area contributed by atoms with E-state index in [2.05, 4.69) is 58.5 Å². The van der Waals surface area contributed by atoms with E-state index < -0.39 is 29.6 Å². The van der Waals surface area contributed by atoms with Crippen LogP contribution in [0.1, 0.15) is 45.1 Å². The molecule has 0 radical (unpaired) electrons. The van der Waals surface area contributed by atoms with Crippen LogP contribution in [-0.4, -0.2) is 95.5 Å². The fraction of sp³-hybridized carbons (Fsp3) is 0.553. The third-order valence-corrected chi connectivity index (χ3v) is 11.9. The zero-order chi connectivity index (χ0) is 33.4. The van der Waals surface area contributed by atoms with Gasteiger partial charge in [0.05, 0.1) is 17.9 Å². The third-order valence-electron chi connectivity index (χ3n) is 11.7. The summed E-state index contributed by atoms with van der Waals surface area (Å²) in [5, 5.41) is 6.91. The number of nitrogens with one attached hydrogen (secondary N) is 2. The van der Waals surface area contributed by atoms with Crippen LogP contribution in [0.2, 0.25) is 5.02 Å². The van der Waals surface area contributed by atoms with E-state index >= 15 is 0 Å². The van der Waals surface area contributed by atoms with E-state index in [-0.39, 0.29) is 23.8 Å². The van der Waals surface area contributed by atoms with Gasteiger partial charge in [0.15, 0.2) is 0 Å². The van der Waals surface area contributed by atoms with Crippen LogP contribution in [0.15, 0.2) is 66.7 Å². The molecule has 2 aromatic carbocycles. The number of likely N-dealkylation sites (tertiary alicyclic amines) is 1. The SMILES string of the molecule is C[C@@H]1[C@H](C)CCC[C@@H]1NC(=O)[C@@H]1N(CCCN2CCN(Cc3ccccc3)CC2)C(=O)[C@@H]2[C@H](C(=O)Nc3ccc(Cl)cc3)[C@@H]3C=C[C@]21O3. The number of hydrogen-bond acceptors (Lipinski definition) is 6.